The molecule has 10 heteroatoms. The minimum Gasteiger partial charge on any atom is -0.496 e. The monoisotopic (exact) mass is 408 g/mol. The summed E-state index contributed by atoms with van der Waals surface area (Å²) in [5.41, 5.74) is 0.673. The van der Waals surface area contributed by atoms with Crippen molar-refractivity contribution in [2.24, 2.45) is 0 Å². The second-order valence-electron chi connectivity index (χ2n) is 7.03. The number of methoxy groups -OCH3 is 1. The van der Waals surface area contributed by atoms with Gasteiger partial charge < -0.3 is 9.47 Å². The van der Waals surface area contributed by atoms with Gasteiger partial charge in [-0.3, -0.25) is 15.2 Å². The van der Waals surface area contributed by atoms with E-state index in [2.05, 4.69) is 20.5 Å². The number of hydrogen-bond acceptors (Lipinski definition) is 7. The smallest absolute Gasteiger partial charge is 0.249 e. The van der Waals surface area contributed by atoms with Gasteiger partial charge in [0.1, 0.15) is 10.5 Å². The molecule has 0 spiro atoms. The van der Waals surface area contributed by atoms with Crippen LogP contribution >= 0.6 is 0 Å². The molecule has 28 heavy (non-hydrogen) atoms. The van der Waals surface area contributed by atoms with Gasteiger partial charge in [-0.1, -0.05) is 12.1 Å². The van der Waals surface area contributed by atoms with Crippen molar-refractivity contribution in [1.29, 1.82) is 0 Å². The van der Waals surface area contributed by atoms with Crippen LogP contribution < -0.4 is 10.1 Å². The molecule has 1 amide bonds. The maximum atomic E-state index is 13.0. The summed E-state index contributed by atoms with van der Waals surface area (Å²) in [7, 11) is -2.17. The van der Waals surface area contributed by atoms with Crippen LogP contribution in [0.2, 0.25) is 0 Å². The molecule has 0 unspecified atom stereocenters. The topological polar surface area (TPSA) is 123 Å². The molecule has 9 nitrogen and oxygen atoms in total. The van der Waals surface area contributed by atoms with Crippen molar-refractivity contribution in [1.82, 2.24) is 15.2 Å². The Kier molecular flexibility index (Phi) is 5.71. The quantitative estimate of drug-likeness (QED) is 0.747. The Hall–Kier alpha value is -2.46. The van der Waals surface area contributed by atoms with Crippen molar-refractivity contribution >= 4 is 21.7 Å². The molecule has 3 rings (SSSR count). The van der Waals surface area contributed by atoms with E-state index < -0.39 is 25.7 Å². The first-order valence-electron chi connectivity index (χ1n) is 8.96. The fourth-order valence-electron chi connectivity index (χ4n) is 3.06. The van der Waals surface area contributed by atoms with E-state index in [1.807, 2.05) is 12.1 Å². The van der Waals surface area contributed by atoms with Gasteiger partial charge in [0.2, 0.25) is 11.9 Å². The van der Waals surface area contributed by atoms with Gasteiger partial charge in [0.05, 0.1) is 17.9 Å². The van der Waals surface area contributed by atoms with Crippen molar-refractivity contribution < 1.29 is 22.7 Å². The first-order valence-corrected chi connectivity index (χ1v) is 10.5. The van der Waals surface area contributed by atoms with E-state index in [9.17, 15) is 13.2 Å². The van der Waals surface area contributed by atoms with E-state index in [0.717, 1.165) is 0 Å². The van der Waals surface area contributed by atoms with E-state index in [-0.39, 0.29) is 5.95 Å². The summed E-state index contributed by atoms with van der Waals surface area (Å²) in [6, 6.07) is 7.22. The number of H-pyrrole nitrogens is 1. The number of sulfone groups is 1. The van der Waals surface area contributed by atoms with Crippen LogP contribution in [0.25, 0.3) is 11.4 Å². The molecule has 152 valence electrons. The van der Waals surface area contributed by atoms with Crippen molar-refractivity contribution in [3.63, 3.8) is 0 Å². The molecule has 1 aliphatic heterocycles. The number of nitrogens with one attached hydrogen (secondary N) is 2. The molecule has 0 saturated carbocycles. The molecule has 0 aliphatic carbocycles. The third-order valence-electron chi connectivity index (χ3n) is 4.94. The molecule has 2 heterocycles. The minimum absolute atomic E-state index is 0.00107. The molecule has 2 aromatic rings. The summed E-state index contributed by atoms with van der Waals surface area (Å²) in [6.07, 6.45) is 0.773. The Morgan fingerprint density at radius 2 is 1.96 bits per heavy atom. The maximum Gasteiger partial charge on any atom is 0.249 e. The summed E-state index contributed by atoms with van der Waals surface area (Å²) in [5, 5.41) is 8.62. The number of benzene rings is 1. The highest BCUT2D eigenvalue weighted by Gasteiger charge is 2.46. The number of hydrogen-bond donors (Lipinski definition) is 2. The Balaban J connectivity index is 1.78. The fraction of sp³-hybridized carbons (Fsp3) is 0.500. The molecule has 1 aromatic carbocycles. The van der Waals surface area contributed by atoms with Crippen LogP contribution in [0.3, 0.4) is 0 Å². The number of nitrogens with zero attached hydrogens (tertiary/aromatic N) is 2. The standard InChI is InChI=1S/C18H24N4O5S/c1-18(2,28(24,25)12-8-10-27-11-9-12)16(23)20-17-19-15(21-22-17)13-6-4-5-7-14(13)26-3/h4-7,12H,8-11H2,1-3H3,(H2,19,20,21,22,23). The molecule has 1 fully saturated rings. The van der Waals surface area contributed by atoms with Gasteiger partial charge in [0, 0.05) is 13.2 Å². The molecule has 1 aromatic heterocycles. The van der Waals surface area contributed by atoms with Crippen LogP contribution in [0.5, 0.6) is 5.75 Å². The molecular formula is C18H24N4O5S. The highest BCUT2D eigenvalue weighted by molar-refractivity contribution is 7.94. The Bertz CT molecular complexity index is 948. The number of amides is 1. The summed E-state index contributed by atoms with van der Waals surface area (Å²) in [5.74, 6) is 0.322. The van der Waals surface area contributed by atoms with Crippen LogP contribution in [0.1, 0.15) is 26.7 Å². The molecule has 0 atom stereocenters. The van der Waals surface area contributed by atoms with Gasteiger partial charge in [-0.05, 0) is 38.8 Å². The lowest BCUT2D eigenvalue weighted by atomic mass is 10.2. The van der Waals surface area contributed by atoms with Crippen LogP contribution in [0, 0.1) is 0 Å². The molecule has 1 aliphatic rings. The molecule has 2 N–H and O–H groups in total. The van der Waals surface area contributed by atoms with E-state index in [4.69, 9.17) is 9.47 Å². The normalized spacial score (nSPS) is 16.0. The van der Waals surface area contributed by atoms with Gasteiger partial charge in [-0.25, -0.2) is 8.42 Å². The van der Waals surface area contributed by atoms with Crippen LogP contribution in [-0.2, 0) is 19.4 Å². The third-order valence-corrected chi connectivity index (χ3v) is 7.90. The first kappa shape index (κ1) is 20.3. The summed E-state index contributed by atoms with van der Waals surface area (Å²) in [6.45, 7) is 3.57. The molecule has 0 radical (unpaired) electrons. The Morgan fingerprint density at radius 1 is 1.29 bits per heavy atom. The number of ether oxygens (including phenoxy) is 2. The highest BCUT2D eigenvalue weighted by Crippen LogP contribution is 2.30. The lowest BCUT2D eigenvalue weighted by Crippen LogP contribution is -2.50. The summed E-state index contributed by atoms with van der Waals surface area (Å²) < 4.78 is 34.8. The lowest BCUT2D eigenvalue weighted by molar-refractivity contribution is -0.117. The summed E-state index contributed by atoms with van der Waals surface area (Å²) in [4.78, 5) is 17.0. The van der Waals surface area contributed by atoms with Crippen molar-refractivity contribution in [2.75, 3.05) is 25.6 Å². The van der Waals surface area contributed by atoms with Gasteiger partial charge in [0.25, 0.3) is 0 Å². The Morgan fingerprint density at radius 3 is 2.64 bits per heavy atom. The van der Waals surface area contributed by atoms with Gasteiger partial charge in [0.15, 0.2) is 15.7 Å². The number of anilines is 1. The number of aromatic nitrogens is 3. The minimum atomic E-state index is -3.71. The first-order chi connectivity index (χ1) is 13.3. The van der Waals surface area contributed by atoms with Gasteiger partial charge in [-0.15, -0.1) is 5.10 Å². The van der Waals surface area contributed by atoms with E-state index in [1.165, 1.54) is 13.8 Å². The zero-order chi connectivity index (χ0) is 20.4. The van der Waals surface area contributed by atoms with E-state index in [0.29, 0.717) is 43.2 Å². The third kappa shape index (κ3) is 3.74. The number of carbonyl (C=O) groups is 1. The predicted octanol–water partition coefficient (Wildman–Crippen LogP) is 1.79. The zero-order valence-electron chi connectivity index (χ0n) is 16.1. The lowest BCUT2D eigenvalue weighted by Gasteiger charge is -2.30. The van der Waals surface area contributed by atoms with Gasteiger partial charge >= 0.3 is 0 Å². The zero-order valence-corrected chi connectivity index (χ0v) is 16.9. The van der Waals surface area contributed by atoms with Crippen LogP contribution in [-0.4, -0.2) is 59.8 Å². The Labute approximate surface area is 163 Å². The van der Waals surface area contributed by atoms with Crippen LogP contribution in [0.15, 0.2) is 24.3 Å². The van der Waals surface area contributed by atoms with E-state index in [1.54, 1.807) is 19.2 Å². The predicted molar refractivity (Wildman–Crippen MR) is 104 cm³/mol. The average Bonchev–Trinajstić information content (AvgIpc) is 3.16. The van der Waals surface area contributed by atoms with Crippen LogP contribution in [0.4, 0.5) is 5.95 Å². The number of para-hydroxylation sites is 1. The summed E-state index contributed by atoms with van der Waals surface area (Å²) >= 11 is 0. The molecule has 1 saturated heterocycles. The number of rotatable bonds is 6. The largest absolute Gasteiger partial charge is 0.496 e. The fourth-order valence-corrected chi connectivity index (χ4v) is 5.02. The SMILES string of the molecule is COc1ccccc1-c1nc(NC(=O)C(C)(C)S(=O)(=O)C2CCOCC2)n[nH]1. The number of aromatic amines is 1. The van der Waals surface area contributed by atoms with Crippen molar-refractivity contribution in [2.45, 2.75) is 36.7 Å². The highest BCUT2D eigenvalue weighted by atomic mass is 32.2. The second kappa shape index (κ2) is 7.88. The maximum absolute atomic E-state index is 13.0. The number of carbonyl (C=O) groups excluding carboxylic acids is 1. The van der Waals surface area contributed by atoms with Gasteiger partial charge in [-0.2, -0.15) is 4.98 Å². The second-order valence-corrected chi connectivity index (χ2v) is 9.81. The average molecular weight is 408 g/mol. The van der Waals surface area contributed by atoms with Crippen molar-refractivity contribution in [3.05, 3.63) is 24.3 Å². The molecular weight excluding hydrogens is 384 g/mol. The van der Waals surface area contributed by atoms with Crippen molar-refractivity contribution in [3.8, 4) is 17.1 Å². The van der Waals surface area contributed by atoms with E-state index >= 15 is 0 Å². The molecule has 0 bridgehead atoms.